The lowest BCUT2D eigenvalue weighted by atomic mass is 9.92. The number of amides is 2. The standard InChI is InChI=1S/C33H35N5O3/c1-19-14-23-6-9-27(19)20(2)18-41-33(40)37-26-7-10-28(21-4-5-21)24(16-26)17-38(3)32(39)30(23)36-25-8-11-29-22(15-25)12-13-35-31(29)34/h6-16,20-21,30,36H,4-5,17-18H2,1-3H3,(H2,34,35)(H,37,40)/t20-,30+/m0/s1. The number of fused-ring (bicyclic) bond motifs is 10. The van der Waals surface area contributed by atoms with Gasteiger partial charge in [0.25, 0.3) is 0 Å². The fourth-order valence-electron chi connectivity index (χ4n) is 5.79. The van der Waals surface area contributed by atoms with E-state index in [1.807, 2.05) is 69.4 Å². The zero-order valence-electron chi connectivity index (χ0n) is 23.6. The number of benzene rings is 3. The van der Waals surface area contributed by atoms with Crippen molar-refractivity contribution in [1.29, 1.82) is 0 Å². The SMILES string of the molecule is Cc1cc2ccc1[C@@H](C)COC(=O)Nc1ccc(C3CC3)c(c1)CN(C)C(=O)[C@@H]2Nc1ccc2c(N)nccc2c1. The second-order valence-corrected chi connectivity index (χ2v) is 11.3. The summed E-state index contributed by atoms with van der Waals surface area (Å²) in [5, 5.41) is 8.21. The number of nitrogen functional groups attached to an aromatic ring is 1. The molecular weight excluding hydrogens is 514 g/mol. The third-order valence-corrected chi connectivity index (χ3v) is 8.17. The number of aryl methyl sites for hydroxylation is 1. The van der Waals surface area contributed by atoms with Gasteiger partial charge in [0.2, 0.25) is 5.91 Å². The highest BCUT2D eigenvalue weighted by molar-refractivity contribution is 5.94. The highest BCUT2D eigenvalue weighted by atomic mass is 16.5. The molecule has 8 heteroatoms. The monoisotopic (exact) mass is 549 g/mol. The number of carbonyl (C=O) groups is 2. The molecule has 1 saturated carbocycles. The Morgan fingerprint density at radius 3 is 2.61 bits per heavy atom. The summed E-state index contributed by atoms with van der Waals surface area (Å²) >= 11 is 0. The second kappa shape index (κ2) is 10.8. The average Bonchev–Trinajstić information content (AvgIpc) is 3.79. The van der Waals surface area contributed by atoms with Crippen LogP contribution >= 0.6 is 0 Å². The number of hydrogen-bond donors (Lipinski definition) is 3. The number of hydrogen-bond acceptors (Lipinski definition) is 6. The maximum atomic E-state index is 14.2. The molecule has 210 valence electrons. The van der Waals surface area contributed by atoms with Crippen LogP contribution in [0.5, 0.6) is 0 Å². The van der Waals surface area contributed by atoms with Gasteiger partial charge >= 0.3 is 6.09 Å². The average molecular weight is 550 g/mol. The molecule has 3 heterocycles. The molecule has 0 radical (unpaired) electrons. The lowest BCUT2D eigenvalue weighted by molar-refractivity contribution is -0.131. The number of ether oxygens (including phenoxy) is 1. The summed E-state index contributed by atoms with van der Waals surface area (Å²) in [4.78, 5) is 32.8. The van der Waals surface area contributed by atoms with Crippen molar-refractivity contribution in [2.24, 2.45) is 0 Å². The number of likely N-dealkylation sites (N-methyl/N-ethyl adjacent to an activating group) is 1. The second-order valence-electron chi connectivity index (χ2n) is 11.3. The molecular formula is C33H35N5O3. The minimum absolute atomic E-state index is 0.0140. The largest absolute Gasteiger partial charge is 0.449 e. The zero-order valence-corrected chi connectivity index (χ0v) is 23.6. The van der Waals surface area contributed by atoms with E-state index in [1.54, 1.807) is 11.1 Å². The van der Waals surface area contributed by atoms with Crippen molar-refractivity contribution >= 4 is 40.0 Å². The molecule has 2 atom stereocenters. The van der Waals surface area contributed by atoms with Crippen molar-refractivity contribution < 1.29 is 14.3 Å². The highest BCUT2D eigenvalue weighted by Gasteiger charge is 2.29. The minimum atomic E-state index is -0.615. The smallest absolute Gasteiger partial charge is 0.411 e. The molecule has 0 spiro atoms. The molecule has 1 aromatic heterocycles. The number of aromatic nitrogens is 1. The number of nitrogens with zero attached hydrogens (tertiary/aromatic N) is 2. The lowest BCUT2D eigenvalue weighted by Crippen LogP contribution is -2.35. The Kier molecular flexibility index (Phi) is 6.99. The normalized spacial score (nSPS) is 19.6. The molecule has 7 rings (SSSR count). The first-order valence-corrected chi connectivity index (χ1v) is 14.1. The van der Waals surface area contributed by atoms with Crippen molar-refractivity contribution in [3.05, 3.63) is 94.7 Å². The summed E-state index contributed by atoms with van der Waals surface area (Å²) in [6.07, 6.45) is 3.47. The minimum Gasteiger partial charge on any atom is -0.449 e. The summed E-state index contributed by atoms with van der Waals surface area (Å²) in [7, 11) is 1.83. The predicted octanol–water partition coefficient (Wildman–Crippen LogP) is 6.48. The third kappa shape index (κ3) is 5.55. The van der Waals surface area contributed by atoms with Crippen LogP contribution in [0.15, 0.2) is 66.9 Å². The van der Waals surface area contributed by atoms with Crippen LogP contribution in [0.4, 0.5) is 22.0 Å². The van der Waals surface area contributed by atoms with E-state index in [0.717, 1.165) is 51.6 Å². The molecule has 41 heavy (non-hydrogen) atoms. The molecule has 2 amide bonds. The molecule has 4 N–H and O–H groups in total. The number of carbonyl (C=O) groups excluding carboxylic acids is 2. The van der Waals surface area contributed by atoms with Crippen LogP contribution in [-0.4, -0.2) is 35.5 Å². The van der Waals surface area contributed by atoms with Gasteiger partial charge in [0, 0.05) is 42.5 Å². The van der Waals surface area contributed by atoms with Gasteiger partial charge in [0.05, 0.1) is 6.61 Å². The van der Waals surface area contributed by atoms with E-state index in [0.29, 0.717) is 24.0 Å². The van der Waals surface area contributed by atoms with E-state index in [-0.39, 0.29) is 18.4 Å². The summed E-state index contributed by atoms with van der Waals surface area (Å²) in [5.74, 6) is 0.902. The van der Waals surface area contributed by atoms with Crippen molar-refractivity contribution in [3.8, 4) is 0 Å². The van der Waals surface area contributed by atoms with Gasteiger partial charge in [0.1, 0.15) is 11.9 Å². The van der Waals surface area contributed by atoms with Crippen LogP contribution in [0.1, 0.15) is 65.5 Å². The van der Waals surface area contributed by atoms with Crippen molar-refractivity contribution in [1.82, 2.24) is 9.88 Å². The molecule has 1 aliphatic carbocycles. The Labute approximate surface area is 239 Å². The van der Waals surface area contributed by atoms with Gasteiger partial charge in [-0.3, -0.25) is 10.1 Å². The zero-order chi connectivity index (χ0) is 28.7. The molecule has 3 aromatic carbocycles. The van der Waals surface area contributed by atoms with Crippen LogP contribution < -0.4 is 16.4 Å². The van der Waals surface area contributed by atoms with E-state index in [4.69, 9.17) is 10.5 Å². The molecule has 0 saturated heterocycles. The number of pyridine rings is 1. The summed E-state index contributed by atoms with van der Waals surface area (Å²) < 4.78 is 5.59. The summed E-state index contributed by atoms with van der Waals surface area (Å²) in [6, 6.07) is 19.2. The van der Waals surface area contributed by atoms with E-state index in [9.17, 15) is 9.59 Å². The van der Waals surface area contributed by atoms with Crippen molar-refractivity contribution in [2.75, 3.05) is 30.0 Å². The number of nitrogens with one attached hydrogen (secondary N) is 2. The molecule has 4 bridgehead atoms. The first-order valence-electron chi connectivity index (χ1n) is 14.1. The van der Waals surface area contributed by atoms with E-state index in [1.165, 1.54) is 5.56 Å². The number of nitrogens with two attached hydrogens (primary N) is 1. The maximum absolute atomic E-state index is 14.2. The quantitative estimate of drug-likeness (QED) is 0.270. The summed E-state index contributed by atoms with van der Waals surface area (Å²) in [6.45, 7) is 4.73. The van der Waals surface area contributed by atoms with E-state index < -0.39 is 12.1 Å². The summed E-state index contributed by atoms with van der Waals surface area (Å²) in [5.41, 5.74) is 12.8. The fourth-order valence-corrected chi connectivity index (χ4v) is 5.79. The van der Waals surface area contributed by atoms with E-state index >= 15 is 0 Å². The van der Waals surface area contributed by atoms with Gasteiger partial charge in [-0.25, -0.2) is 9.78 Å². The Balaban J connectivity index is 1.40. The van der Waals surface area contributed by atoms with Crippen LogP contribution in [0.25, 0.3) is 10.8 Å². The molecule has 4 aromatic rings. The highest BCUT2D eigenvalue weighted by Crippen LogP contribution is 2.42. The molecule has 8 nitrogen and oxygen atoms in total. The molecule has 3 aliphatic rings. The van der Waals surface area contributed by atoms with Crippen LogP contribution in [-0.2, 0) is 16.1 Å². The van der Waals surface area contributed by atoms with Gasteiger partial charge in [-0.1, -0.05) is 31.2 Å². The Hall–Kier alpha value is -4.59. The van der Waals surface area contributed by atoms with Crippen molar-refractivity contribution in [3.63, 3.8) is 0 Å². The van der Waals surface area contributed by atoms with E-state index in [2.05, 4.69) is 27.8 Å². The molecule has 2 aliphatic heterocycles. The van der Waals surface area contributed by atoms with Gasteiger partial charge in [-0.05, 0) is 95.3 Å². The Morgan fingerprint density at radius 1 is 1.02 bits per heavy atom. The van der Waals surface area contributed by atoms with Crippen molar-refractivity contribution in [2.45, 2.75) is 51.1 Å². The van der Waals surface area contributed by atoms with Crippen LogP contribution in [0.3, 0.4) is 0 Å². The first-order chi connectivity index (χ1) is 19.8. The Bertz CT molecular complexity index is 1650. The first kappa shape index (κ1) is 26.6. The molecule has 0 unspecified atom stereocenters. The Morgan fingerprint density at radius 2 is 1.83 bits per heavy atom. The number of anilines is 3. The van der Waals surface area contributed by atoms with Gasteiger partial charge in [0.15, 0.2) is 0 Å². The molecule has 1 fully saturated rings. The topological polar surface area (TPSA) is 110 Å². The van der Waals surface area contributed by atoms with Crippen LogP contribution in [0, 0.1) is 6.92 Å². The van der Waals surface area contributed by atoms with Gasteiger partial charge in [-0.2, -0.15) is 0 Å². The number of rotatable bonds is 3. The van der Waals surface area contributed by atoms with Gasteiger partial charge in [-0.15, -0.1) is 0 Å². The predicted molar refractivity (Wildman–Crippen MR) is 162 cm³/mol. The van der Waals surface area contributed by atoms with Crippen LogP contribution in [0.2, 0.25) is 0 Å². The fraction of sp³-hybridized carbons (Fsp3) is 0.303. The van der Waals surface area contributed by atoms with Gasteiger partial charge < -0.3 is 20.7 Å². The maximum Gasteiger partial charge on any atom is 0.411 e. The third-order valence-electron chi connectivity index (χ3n) is 8.17. The lowest BCUT2D eigenvalue weighted by Gasteiger charge is -2.28.